The molecule has 1 aromatic heterocycles. The second-order valence-corrected chi connectivity index (χ2v) is 6.65. The summed E-state index contributed by atoms with van der Waals surface area (Å²) in [6.45, 7) is 2.87. The van der Waals surface area contributed by atoms with Gasteiger partial charge in [0.05, 0.1) is 39.0 Å². The van der Waals surface area contributed by atoms with Gasteiger partial charge < -0.3 is 18.6 Å². The Morgan fingerprint density at radius 1 is 1.39 bits per heavy atom. The quantitative estimate of drug-likeness (QED) is 0.671. The molecule has 0 amide bonds. The molecule has 0 bridgehead atoms. The van der Waals surface area contributed by atoms with Gasteiger partial charge in [0.2, 0.25) is 5.89 Å². The third-order valence-corrected chi connectivity index (χ3v) is 4.68. The van der Waals surface area contributed by atoms with Gasteiger partial charge in [-0.1, -0.05) is 0 Å². The van der Waals surface area contributed by atoms with Crippen molar-refractivity contribution in [1.29, 1.82) is 5.26 Å². The molecule has 0 spiro atoms. The number of likely N-dealkylation sites (tertiary alicyclic amines) is 1. The molecule has 1 atom stereocenters. The highest BCUT2D eigenvalue weighted by Gasteiger charge is 2.23. The molecule has 0 radical (unpaired) electrons. The van der Waals surface area contributed by atoms with Crippen LogP contribution in [0.5, 0.6) is 11.5 Å². The lowest BCUT2D eigenvalue weighted by atomic mass is 9.99. The number of nitriles is 1. The average Bonchev–Trinajstić information content (AvgIpc) is 3.20. The number of carbonyl (C=O) groups is 1. The lowest BCUT2D eigenvalue weighted by molar-refractivity contribution is 0.0594. The van der Waals surface area contributed by atoms with Crippen LogP contribution < -0.4 is 9.47 Å². The number of methoxy groups -OCH3 is 2. The van der Waals surface area contributed by atoms with Crippen molar-refractivity contribution in [3.8, 4) is 17.6 Å². The Bertz CT molecular complexity index is 858. The van der Waals surface area contributed by atoms with Crippen molar-refractivity contribution in [3.63, 3.8) is 0 Å². The topological polar surface area (TPSA) is 97.8 Å². The molecule has 0 saturated carbocycles. The number of carbonyl (C=O) groups excluding carboxylic acids is 1. The van der Waals surface area contributed by atoms with Crippen molar-refractivity contribution in [2.24, 2.45) is 5.92 Å². The highest BCUT2D eigenvalue weighted by molar-refractivity contribution is 5.86. The van der Waals surface area contributed by atoms with Crippen LogP contribution >= 0.6 is 0 Å². The minimum Gasteiger partial charge on any atom is -0.493 e. The first-order chi connectivity index (χ1) is 13.6. The largest absolute Gasteiger partial charge is 0.493 e. The van der Waals surface area contributed by atoms with Crippen LogP contribution in [0.25, 0.3) is 0 Å². The average molecular weight is 385 g/mol. The van der Waals surface area contributed by atoms with Gasteiger partial charge in [0, 0.05) is 18.5 Å². The van der Waals surface area contributed by atoms with E-state index in [1.165, 1.54) is 13.4 Å². The van der Waals surface area contributed by atoms with Gasteiger partial charge in [-0.05, 0) is 31.5 Å². The molecule has 8 nitrogen and oxygen atoms in total. The Kier molecular flexibility index (Phi) is 6.50. The Morgan fingerprint density at radius 3 is 3.00 bits per heavy atom. The number of oxazole rings is 1. The van der Waals surface area contributed by atoms with Crippen molar-refractivity contribution in [2.75, 3.05) is 33.9 Å². The van der Waals surface area contributed by atoms with Crippen molar-refractivity contribution in [2.45, 2.75) is 19.4 Å². The first-order valence-electron chi connectivity index (χ1n) is 9.09. The number of rotatable bonds is 7. The molecule has 148 valence electrons. The Hall–Kier alpha value is -3.05. The lowest BCUT2D eigenvalue weighted by Gasteiger charge is -2.31. The van der Waals surface area contributed by atoms with E-state index in [0.29, 0.717) is 42.0 Å². The van der Waals surface area contributed by atoms with E-state index in [0.717, 1.165) is 25.9 Å². The Morgan fingerprint density at radius 2 is 2.25 bits per heavy atom. The van der Waals surface area contributed by atoms with Gasteiger partial charge in [-0.3, -0.25) is 4.90 Å². The van der Waals surface area contributed by atoms with E-state index in [-0.39, 0.29) is 5.69 Å². The van der Waals surface area contributed by atoms with Crippen LogP contribution in [-0.2, 0) is 11.3 Å². The van der Waals surface area contributed by atoms with Gasteiger partial charge >= 0.3 is 5.97 Å². The van der Waals surface area contributed by atoms with Gasteiger partial charge in [-0.15, -0.1) is 0 Å². The molecule has 2 heterocycles. The van der Waals surface area contributed by atoms with Crippen LogP contribution in [0.2, 0.25) is 0 Å². The second kappa shape index (κ2) is 9.24. The summed E-state index contributed by atoms with van der Waals surface area (Å²) in [5.74, 6) is 1.53. The fourth-order valence-electron chi connectivity index (χ4n) is 3.27. The van der Waals surface area contributed by atoms with Crippen molar-refractivity contribution in [3.05, 3.63) is 41.6 Å². The SMILES string of the molecule is COC(=O)c1coc(CN2CCCC(COc3ccc(C#N)cc3OC)C2)n1. The maximum atomic E-state index is 11.5. The van der Waals surface area contributed by atoms with Crippen LogP contribution in [-0.4, -0.2) is 49.8 Å². The third-order valence-electron chi connectivity index (χ3n) is 4.68. The lowest BCUT2D eigenvalue weighted by Crippen LogP contribution is -2.37. The molecule has 2 aromatic rings. The molecule has 28 heavy (non-hydrogen) atoms. The summed E-state index contributed by atoms with van der Waals surface area (Å²) < 4.78 is 21.3. The van der Waals surface area contributed by atoms with E-state index in [4.69, 9.17) is 19.2 Å². The standard InChI is InChI=1S/C20H23N3O5/c1-25-18-8-14(9-21)5-6-17(18)27-12-15-4-3-7-23(10-15)11-19-22-16(13-28-19)20(24)26-2/h5-6,8,13,15H,3-4,7,10-12H2,1-2H3. The molecule has 8 heteroatoms. The van der Waals surface area contributed by atoms with Crippen LogP contribution in [0.4, 0.5) is 0 Å². The summed E-state index contributed by atoms with van der Waals surface area (Å²) >= 11 is 0. The van der Waals surface area contributed by atoms with E-state index >= 15 is 0 Å². The molecule has 1 aromatic carbocycles. The Labute approximate surface area is 163 Å². The number of hydrogen-bond donors (Lipinski definition) is 0. The maximum Gasteiger partial charge on any atom is 0.360 e. The minimum atomic E-state index is -0.503. The first-order valence-corrected chi connectivity index (χ1v) is 9.09. The summed E-state index contributed by atoms with van der Waals surface area (Å²) in [4.78, 5) is 17.9. The van der Waals surface area contributed by atoms with Crippen LogP contribution in [0.3, 0.4) is 0 Å². The summed E-state index contributed by atoms with van der Waals surface area (Å²) in [6, 6.07) is 7.24. The fourth-order valence-corrected chi connectivity index (χ4v) is 3.27. The monoisotopic (exact) mass is 385 g/mol. The molecule has 1 unspecified atom stereocenters. The third kappa shape index (κ3) is 4.81. The zero-order chi connectivity index (χ0) is 19.9. The number of hydrogen-bond acceptors (Lipinski definition) is 8. The van der Waals surface area contributed by atoms with Crippen molar-refractivity contribution >= 4 is 5.97 Å². The maximum absolute atomic E-state index is 11.5. The van der Waals surface area contributed by atoms with Crippen LogP contribution in [0.1, 0.15) is 34.8 Å². The highest BCUT2D eigenvalue weighted by atomic mass is 16.5. The first kappa shape index (κ1) is 19.7. The molecular formula is C20H23N3O5. The predicted octanol–water partition coefficient (Wildman–Crippen LogP) is 2.63. The summed E-state index contributed by atoms with van der Waals surface area (Å²) in [5.41, 5.74) is 0.715. The van der Waals surface area contributed by atoms with E-state index in [2.05, 4.69) is 20.7 Å². The summed E-state index contributed by atoms with van der Waals surface area (Å²) in [5, 5.41) is 8.99. The summed E-state index contributed by atoms with van der Waals surface area (Å²) in [7, 11) is 2.87. The van der Waals surface area contributed by atoms with Gasteiger partial charge in [0.25, 0.3) is 0 Å². The van der Waals surface area contributed by atoms with E-state index in [9.17, 15) is 4.79 Å². The normalized spacial score (nSPS) is 17.0. The molecule has 1 aliphatic rings. The Balaban J connectivity index is 1.55. The highest BCUT2D eigenvalue weighted by Crippen LogP contribution is 2.29. The number of piperidine rings is 1. The van der Waals surface area contributed by atoms with E-state index in [1.54, 1.807) is 25.3 Å². The van der Waals surface area contributed by atoms with Gasteiger partial charge in [-0.2, -0.15) is 5.26 Å². The van der Waals surface area contributed by atoms with Crippen molar-refractivity contribution < 1.29 is 23.4 Å². The fraction of sp³-hybridized carbons (Fsp3) is 0.450. The molecule has 1 fully saturated rings. The van der Waals surface area contributed by atoms with E-state index in [1.807, 2.05) is 0 Å². The zero-order valence-corrected chi connectivity index (χ0v) is 16.0. The van der Waals surface area contributed by atoms with Gasteiger partial charge in [-0.25, -0.2) is 9.78 Å². The number of ether oxygens (including phenoxy) is 3. The molecular weight excluding hydrogens is 362 g/mol. The minimum absolute atomic E-state index is 0.183. The van der Waals surface area contributed by atoms with Crippen LogP contribution in [0, 0.1) is 17.2 Å². The van der Waals surface area contributed by atoms with Crippen molar-refractivity contribution in [1.82, 2.24) is 9.88 Å². The zero-order valence-electron chi connectivity index (χ0n) is 16.0. The van der Waals surface area contributed by atoms with Gasteiger partial charge in [0.15, 0.2) is 17.2 Å². The van der Waals surface area contributed by atoms with Crippen LogP contribution in [0.15, 0.2) is 28.9 Å². The number of esters is 1. The molecule has 0 aliphatic carbocycles. The number of benzene rings is 1. The predicted molar refractivity (Wildman–Crippen MR) is 99.0 cm³/mol. The molecule has 1 saturated heterocycles. The number of nitrogens with zero attached hydrogens (tertiary/aromatic N) is 3. The molecule has 1 aliphatic heterocycles. The van der Waals surface area contributed by atoms with E-state index < -0.39 is 5.97 Å². The van der Waals surface area contributed by atoms with Gasteiger partial charge in [0.1, 0.15) is 6.26 Å². The second-order valence-electron chi connectivity index (χ2n) is 6.65. The number of aromatic nitrogens is 1. The molecule has 3 rings (SSSR count). The molecule has 0 N–H and O–H groups in total. The smallest absolute Gasteiger partial charge is 0.360 e. The summed E-state index contributed by atoms with van der Waals surface area (Å²) in [6.07, 6.45) is 3.43.